The van der Waals surface area contributed by atoms with Crippen LogP contribution >= 0.6 is 0 Å². The third-order valence-electron chi connectivity index (χ3n) is 5.70. The van der Waals surface area contributed by atoms with E-state index >= 15 is 0 Å². The average Bonchev–Trinajstić information content (AvgIpc) is 3.28. The molecule has 8 nitrogen and oxygen atoms in total. The summed E-state index contributed by atoms with van der Waals surface area (Å²) in [6.45, 7) is 5.64. The SMILES string of the molecule is Cc1cccc(C=NNc2cc(N3CCOCC3)cc(OCCc3cnc4ccccn34)n2)c1. The van der Waals surface area contributed by atoms with Gasteiger partial charge in [0.1, 0.15) is 5.65 Å². The highest BCUT2D eigenvalue weighted by molar-refractivity contribution is 5.80. The lowest BCUT2D eigenvalue weighted by atomic mass is 10.2. The number of pyridine rings is 2. The molecule has 4 heterocycles. The van der Waals surface area contributed by atoms with Crippen LogP contribution in [0.25, 0.3) is 5.65 Å². The van der Waals surface area contributed by atoms with E-state index in [1.807, 2.05) is 54.9 Å². The highest BCUT2D eigenvalue weighted by Gasteiger charge is 2.14. The van der Waals surface area contributed by atoms with Gasteiger partial charge in [-0.1, -0.05) is 35.9 Å². The lowest BCUT2D eigenvalue weighted by Gasteiger charge is -2.29. The van der Waals surface area contributed by atoms with E-state index in [4.69, 9.17) is 9.47 Å². The van der Waals surface area contributed by atoms with E-state index in [-0.39, 0.29) is 0 Å². The van der Waals surface area contributed by atoms with Crippen LogP contribution in [0.2, 0.25) is 0 Å². The smallest absolute Gasteiger partial charge is 0.217 e. The van der Waals surface area contributed by atoms with Crippen LogP contribution in [0.15, 0.2) is 72.1 Å². The van der Waals surface area contributed by atoms with Crippen LogP contribution in [-0.4, -0.2) is 53.5 Å². The number of imidazole rings is 1. The number of fused-ring (bicyclic) bond motifs is 1. The van der Waals surface area contributed by atoms with Gasteiger partial charge in [-0.2, -0.15) is 10.1 Å². The Kier molecular flexibility index (Phi) is 6.67. The maximum Gasteiger partial charge on any atom is 0.217 e. The Morgan fingerprint density at radius 2 is 2.03 bits per heavy atom. The Morgan fingerprint density at radius 1 is 1.12 bits per heavy atom. The highest BCUT2D eigenvalue weighted by atomic mass is 16.5. The monoisotopic (exact) mass is 456 g/mol. The summed E-state index contributed by atoms with van der Waals surface area (Å²) in [5.41, 5.74) is 8.36. The van der Waals surface area contributed by atoms with E-state index in [9.17, 15) is 0 Å². The number of benzene rings is 1. The Labute approximate surface area is 198 Å². The molecule has 1 aromatic carbocycles. The van der Waals surface area contributed by atoms with Crippen molar-refractivity contribution in [3.63, 3.8) is 0 Å². The van der Waals surface area contributed by atoms with Crippen LogP contribution in [0, 0.1) is 6.92 Å². The number of hydrazone groups is 1. The van der Waals surface area contributed by atoms with Crippen molar-refractivity contribution in [3.05, 3.63) is 83.8 Å². The number of hydrogen-bond donors (Lipinski definition) is 1. The maximum absolute atomic E-state index is 6.08. The van der Waals surface area contributed by atoms with E-state index in [1.54, 1.807) is 6.21 Å². The van der Waals surface area contributed by atoms with Gasteiger partial charge in [0.05, 0.1) is 26.0 Å². The molecule has 1 aliphatic heterocycles. The molecule has 5 rings (SSSR count). The molecule has 0 amide bonds. The number of aromatic nitrogens is 3. The summed E-state index contributed by atoms with van der Waals surface area (Å²) >= 11 is 0. The molecule has 0 unspecified atom stereocenters. The molecule has 1 fully saturated rings. The largest absolute Gasteiger partial charge is 0.477 e. The van der Waals surface area contributed by atoms with Crippen molar-refractivity contribution in [1.82, 2.24) is 14.4 Å². The fourth-order valence-electron chi connectivity index (χ4n) is 3.98. The number of nitrogens with zero attached hydrogens (tertiary/aromatic N) is 5. The Bertz CT molecular complexity index is 1280. The van der Waals surface area contributed by atoms with Gasteiger partial charge in [0.15, 0.2) is 5.82 Å². The highest BCUT2D eigenvalue weighted by Crippen LogP contribution is 2.25. The topological polar surface area (TPSA) is 76.3 Å². The number of aryl methyl sites for hydroxylation is 1. The second kappa shape index (κ2) is 10.4. The minimum Gasteiger partial charge on any atom is -0.477 e. The summed E-state index contributed by atoms with van der Waals surface area (Å²) in [5.74, 6) is 1.20. The number of nitrogens with one attached hydrogen (secondary N) is 1. The summed E-state index contributed by atoms with van der Waals surface area (Å²) in [6.07, 6.45) is 6.43. The quantitative estimate of drug-likeness (QED) is 0.320. The number of anilines is 2. The Morgan fingerprint density at radius 3 is 2.91 bits per heavy atom. The van der Waals surface area contributed by atoms with Gasteiger partial charge in [-0.05, 0) is 24.6 Å². The fraction of sp³-hybridized carbons (Fsp3) is 0.269. The summed E-state index contributed by atoms with van der Waals surface area (Å²) < 4.78 is 13.7. The van der Waals surface area contributed by atoms with Gasteiger partial charge in [0.25, 0.3) is 0 Å². The number of rotatable bonds is 8. The van der Waals surface area contributed by atoms with Crippen LogP contribution in [0.4, 0.5) is 11.5 Å². The van der Waals surface area contributed by atoms with E-state index in [1.165, 1.54) is 5.56 Å². The summed E-state index contributed by atoms with van der Waals surface area (Å²) in [4.78, 5) is 11.4. The van der Waals surface area contributed by atoms with Crippen LogP contribution in [0.5, 0.6) is 5.88 Å². The van der Waals surface area contributed by atoms with Gasteiger partial charge < -0.3 is 18.8 Å². The molecule has 1 aliphatic rings. The number of hydrogen-bond acceptors (Lipinski definition) is 7. The van der Waals surface area contributed by atoms with Crippen LogP contribution in [0.3, 0.4) is 0 Å². The lowest BCUT2D eigenvalue weighted by molar-refractivity contribution is 0.122. The molecule has 0 spiro atoms. The van der Waals surface area contributed by atoms with Crippen molar-refractivity contribution in [2.45, 2.75) is 13.3 Å². The van der Waals surface area contributed by atoms with E-state index < -0.39 is 0 Å². The standard InChI is InChI=1S/C26H28N6O2/c1-20-5-4-6-21(15-20)18-28-30-24-16-23(31-10-13-33-14-11-31)17-26(29-24)34-12-8-22-19-27-25-7-2-3-9-32(22)25/h2-7,9,15-19H,8,10-14H2,1H3,(H,29,30). The summed E-state index contributed by atoms with van der Waals surface area (Å²) in [7, 11) is 0. The zero-order valence-corrected chi connectivity index (χ0v) is 19.2. The average molecular weight is 457 g/mol. The molecule has 1 saturated heterocycles. The van der Waals surface area contributed by atoms with E-state index in [0.717, 1.165) is 42.1 Å². The van der Waals surface area contributed by atoms with Crippen molar-refractivity contribution in [3.8, 4) is 5.88 Å². The van der Waals surface area contributed by atoms with Crippen LogP contribution in [-0.2, 0) is 11.2 Å². The van der Waals surface area contributed by atoms with Gasteiger partial charge in [0, 0.05) is 55.4 Å². The molecule has 0 aliphatic carbocycles. The minimum absolute atomic E-state index is 0.494. The number of morpholine rings is 1. The van der Waals surface area contributed by atoms with Gasteiger partial charge in [-0.3, -0.25) is 5.43 Å². The van der Waals surface area contributed by atoms with Crippen LogP contribution < -0.4 is 15.1 Å². The predicted octanol–water partition coefficient (Wildman–Crippen LogP) is 3.94. The zero-order chi connectivity index (χ0) is 23.2. The second-order valence-corrected chi connectivity index (χ2v) is 8.21. The molecular formula is C26H28N6O2. The van der Waals surface area contributed by atoms with Gasteiger partial charge >= 0.3 is 0 Å². The molecule has 8 heteroatoms. The molecule has 0 atom stereocenters. The van der Waals surface area contributed by atoms with Gasteiger partial charge in [-0.25, -0.2) is 4.98 Å². The first-order valence-electron chi connectivity index (χ1n) is 11.5. The van der Waals surface area contributed by atoms with Crippen molar-refractivity contribution in [1.29, 1.82) is 0 Å². The fourth-order valence-corrected chi connectivity index (χ4v) is 3.98. The molecule has 1 N–H and O–H groups in total. The zero-order valence-electron chi connectivity index (χ0n) is 19.2. The maximum atomic E-state index is 6.08. The first-order chi connectivity index (χ1) is 16.7. The van der Waals surface area contributed by atoms with E-state index in [0.29, 0.717) is 31.5 Å². The third kappa shape index (κ3) is 5.35. The second-order valence-electron chi connectivity index (χ2n) is 8.21. The molecule has 0 radical (unpaired) electrons. The molecule has 4 aromatic rings. The normalized spacial score (nSPS) is 14.1. The van der Waals surface area contributed by atoms with Gasteiger partial charge in [0.2, 0.25) is 5.88 Å². The minimum atomic E-state index is 0.494. The van der Waals surface area contributed by atoms with Crippen molar-refractivity contribution >= 4 is 23.4 Å². The molecule has 174 valence electrons. The van der Waals surface area contributed by atoms with Crippen molar-refractivity contribution < 1.29 is 9.47 Å². The molecule has 3 aromatic heterocycles. The van der Waals surface area contributed by atoms with Crippen molar-refractivity contribution in [2.75, 3.05) is 43.2 Å². The lowest BCUT2D eigenvalue weighted by Crippen LogP contribution is -2.36. The van der Waals surface area contributed by atoms with Gasteiger partial charge in [-0.15, -0.1) is 0 Å². The Hall–Kier alpha value is -3.91. The van der Waals surface area contributed by atoms with E-state index in [2.05, 4.69) is 48.9 Å². The predicted molar refractivity (Wildman–Crippen MR) is 134 cm³/mol. The number of ether oxygens (including phenoxy) is 2. The molecule has 34 heavy (non-hydrogen) atoms. The molecule has 0 bridgehead atoms. The first-order valence-corrected chi connectivity index (χ1v) is 11.5. The Balaban J connectivity index is 1.30. The third-order valence-corrected chi connectivity index (χ3v) is 5.70. The summed E-state index contributed by atoms with van der Waals surface area (Å²) in [5, 5.41) is 4.39. The van der Waals surface area contributed by atoms with Crippen LogP contribution in [0.1, 0.15) is 16.8 Å². The summed E-state index contributed by atoms with van der Waals surface area (Å²) in [6, 6.07) is 18.1. The van der Waals surface area contributed by atoms with Crippen molar-refractivity contribution in [2.24, 2.45) is 5.10 Å². The molecular weight excluding hydrogens is 428 g/mol. The molecule has 0 saturated carbocycles. The first kappa shape index (κ1) is 21.9.